The largest absolute Gasteiger partial charge is 0.377 e. The van der Waals surface area contributed by atoms with E-state index in [-0.39, 0.29) is 16.8 Å². The standard InChI is InChI=1S/C15H17ClN6O3S/c1-25-9-11-17-14-10(5-4-8-22(14)19-11)20-26(23,24)15-13(16)18-12-6-2-3-7-21(12)15/h2-3,6-7,10,20H,4-5,8-9H2,1H3/t10-/m1/s1. The lowest BCUT2D eigenvalue weighted by molar-refractivity contribution is 0.177. The van der Waals surface area contributed by atoms with Gasteiger partial charge in [-0.1, -0.05) is 17.7 Å². The maximum atomic E-state index is 13.0. The molecule has 0 spiro atoms. The normalized spacial score (nSPS) is 17.5. The van der Waals surface area contributed by atoms with Crippen LogP contribution < -0.4 is 4.72 Å². The molecule has 26 heavy (non-hydrogen) atoms. The summed E-state index contributed by atoms with van der Waals surface area (Å²) in [5.41, 5.74) is 0.465. The number of imidazole rings is 1. The van der Waals surface area contributed by atoms with Crippen molar-refractivity contribution >= 4 is 27.3 Å². The SMILES string of the molecule is COCc1nc2n(n1)CCC[C@H]2NS(=O)(=O)c1c(Cl)nc2ccccn12. The van der Waals surface area contributed by atoms with Crippen LogP contribution in [0.2, 0.25) is 5.15 Å². The maximum Gasteiger partial charge on any atom is 0.260 e. The van der Waals surface area contributed by atoms with E-state index >= 15 is 0 Å². The fourth-order valence-corrected chi connectivity index (χ4v) is 5.00. The Morgan fingerprint density at radius 3 is 3.04 bits per heavy atom. The first-order valence-electron chi connectivity index (χ1n) is 8.07. The summed E-state index contributed by atoms with van der Waals surface area (Å²) in [6.45, 7) is 0.971. The van der Waals surface area contributed by atoms with E-state index in [1.54, 1.807) is 36.2 Å². The van der Waals surface area contributed by atoms with Crippen LogP contribution in [0.25, 0.3) is 5.65 Å². The van der Waals surface area contributed by atoms with E-state index in [0.29, 0.717) is 30.3 Å². The summed E-state index contributed by atoms with van der Waals surface area (Å²) in [5.74, 6) is 1.11. The van der Waals surface area contributed by atoms with Crippen LogP contribution in [0.3, 0.4) is 0 Å². The molecule has 1 aliphatic heterocycles. The number of rotatable bonds is 5. The fraction of sp³-hybridized carbons (Fsp3) is 0.400. The average Bonchev–Trinajstić information content (AvgIpc) is 3.15. The first kappa shape index (κ1) is 17.4. The third-order valence-electron chi connectivity index (χ3n) is 4.19. The van der Waals surface area contributed by atoms with Crippen LogP contribution in [0.1, 0.15) is 30.5 Å². The number of hydrogen-bond acceptors (Lipinski definition) is 6. The molecule has 138 valence electrons. The highest BCUT2D eigenvalue weighted by Gasteiger charge is 2.32. The molecular weight excluding hydrogens is 380 g/mol. The number of nitrogens with zero attached hydrogens (tertiary/aromatic N) is 5. The Bertz CT molecular complexity index is 1060. The van der Waals surface area contributed by atoms with Crippen molar-refractivity contribution in [2.75, 3.05) is 7.11 Å². The average molecular weight is 397 g/mol. The van der Waals surface area contributed by atoms with E-state index in [1.807, 2.05) is 0 Å². The minimum Gasteiger partial charge on any atom is -0.377 e. The fourth-order valence-electron chi connectivity index (χ4n) is 3.13. The Kier molecular flexibility index (Phi) is 4.43. The van der Waals surface area contributed by atoms with Gasteiger partial charge in [-0.15, -0.1) is 0 Å². The quantitative estimate of drug-likeness (QED) is 0.701. The minimum atomic E-state index is -3.91. The predicted molar refractivity (Wildman–Crippen MR) is 93.2 cm³/mol. The molecule has 0 bridgehead atoms. The van der Waals surface area contributed by atoms with E-state index in [0.717, 1.165) is 6.42 Å². The molecule has 0 aliphatic carbocycles. The van der Waals surface area contributed by atoms with Gasteiger partial charge in [-0.3, -0.25) is 4.40 Å². The number of sulfonamides is 1. The lowest BCUT2D eigenvalue weighted by Gasteiger charge is -2.22. The molecule has 3 aromatic heterocycles. The van der Waals surface area contributed by atoms with Gasteiger partial charge >= 0.3 is 0 Å². The van der Waals surface area contributed by atoms with Crippen molar-refractivity contribution in [3.63, 3.8) is 0 Å². The van der Waals surface area contributed by atoms with Crippen molar-refractivity contribution in [3.05, 3.63) is 41.2 Å². The summed E-state index contributed by atoms with van der Waals surface area (Å²) in [4.78, 5) is 8.52. The molecule has 11 heteroatoms. The van der Waals surface area contributed by atoms with Crippen LogP contribution in [0, 0.1) is 0 Å². The van der Waals surface area contributed by atoms with Crippen molar-refractivity contribution in [1.82, 2.24) is 28.9 Å². The summed E-state index contributed by atoms with van der Waals surface area (Å²) >= 11 is 6.11. The van der Waals surface area contributed by atoms with Gasteiger partial charge < -0.3 is 4.74 Å². The Balaban J connectivity index is 1.70. The smallest absolute Gasteiger partial charge is 0.260 e. The second-order valence-corrected chi connectivity index (χ2v) is 7.98. The number of ether oxygens (including phenoxy) is 1. The van der Waals surface area contributed by atoms with Gasteiger partial charge in [0.15, 0.2) is 16.0 Å². The number of methoxy groups -OCH3 is 1. The number of halogens is 1. The van der Waals surface area contributed by atoms with Crippen LogP contribution in [0.15, 0.2) is 29.4 Å². The number of aromatic nitrogens is 5. The molecule has 0 radical (unpaired) electrons. The number of fused-ring (bicyclic) bond motifs is 2. The van der Waals surface area contributed by atoms with Crippen LogP contribution in [0.5, 0.6) is 0 Å². The number of nitrogens with one attached hydrogen (secondary N) is 1. The topological polar surface area (TPSA) is 103 Å². The second-order valence-electron chi connectivity index (χ2n) is 6.00. The van der Waals surface area contributed by atoms with Crippen LogP contribution in [0.4, 0.5) is 0 Å². The highest BCUT2D eigenvalue weighted by Crippen LogP contribution is 2.28. The van der Waals surface area contributed by atoms with E-state index in [9.17, 15) is 8.42 Å². The molecular formula is C15H17ClN6O3S. The lowest BCUT2D eigenvalue weighted by Crippen LogP contribution is -2.34. The van der Waals surface area contributed by atoms with E-state index < -0.39 is 16.1 Å². The summed E-state index contributed by atoms with van der Waals surface area (Å²) < 4.78 is 36.9. The molecule has 0 saturated carbocycles. The van der Waals surface area contributed by atoms with Crippen molar-refractivity contribution in [1.29, 1.82) is 0 Å². The van der Waals surface area contributed by atoms with Crippen LogP contribution in [-0.4, -0.2) is 39.7 Å². The monoisotopic (exact) mass is 396 g/mol. The molecule has 0 saturated heterocycles. The first-order valence-corrected chi connectivity index (χ1v) is 9.93. The highest BCUT2D eigenvalue weighted by atomic mass is 35.5. The molecule has 4 heterocycles. The molecule has 0 fully saturated rings. The molecule has 0 aromatic carbocycles. The van der Waals surface area contributed by atoms with Crippen molar-refractivity contribution < 1.29 is 13.2 Å². The number of aryl methyl sites for hydroxylation is 1. The second kappa shape index (κ2) is 6.62. The van der Waals surface area contributed by atoms with Crippen molar-refractivity contribution in [2.45, 2.75) is 37.1 Å². The van der Waals surface area contributed by atoms with Gasteiger partial charge in [0.2, 0.25) is 0 Å². The molecule has 0 unspecified atom stereocenters. The van der Waals surface area contributed by atoms with Gasteiger partial charge in [0.25, 0.3) is 10.0 Å². The molecule has 1 N–H and O–H groups in total. The van der Waals surface area contributed by atoms with E-state index in [1.165, 1.54) is 4.40 Å². The number of pyridine rings is 1. The van der Waals surface area contributed by atoms with Gasteiger partial charge in [-0.25, -0.2) is 23.1 Å². The first-order chi connectivity index (χ1) is 12.5. The predicted octanol–water partition coefficient (Wildman–Crippen LogP) is 1.54. The molecule has 9 nitrogen and oxygen atoms in total. The number of hydrogen-bond donors (Lipinski definition) is 1. The highest BCUT2D eigenvalue weighted by molar-refractivity contribution is 7.89. The van der Waals surface area contributed by atoms with Crippen LogP contribution in [-0.2, 0) is 27.9 Å². The Morgan fingerprint density at radius 2 is 2.23 bits per heavy atom. The maximum absolute atomic E-state index is 13.0. The molecule has 1 atom stereocenters. The lowest BCUT2D eigenvalue weighted by atomic mass is 10.1. The zero-order valence-corrected chi connectivity index (χ0v) is 15.5. The molecule has 0 amide bonds. The van der Waals surface area contributed by atoms with Crippen LogP contribution >= 0.6 is 11.6 Å². The van der Waals surface area contributed by atoms with Gasteiger partial charge in [0, 0.05) is 19.9 Å². The van der Waals surface area contributed by atoms with Gasteiger partial charge in [-0.2, -0.15) is 9.82 Å². The van der Waals surface area contributed by atoms with Gasteiger partial charge in [0.1, 0.15) is 18.1 Å². The Hall–Kier alpha value is -2.01. The Labute approximate surface area is 155 Å². The van der Waals surface area contributed by atoms with E-state index in [4.69, 9.17) is 16.3 Å². The van der Waals surface area contributed by atoms with Crippen molar-refractivity contribution in [2.24, 2.45) is 0 Å². The third-order valence-corrected chi connectivity index (χ3v) is 6.06. The summed E-state index contributed by atoms with van der Waals surface area (Å²) in [5, 5.41) is 4.20. The van der Waals surface area contributed by atoms with Crippen molar-refractivity contribution in [3.8, 4) is 0 Å². The third kappa shape index (κ3) is 2.98. The van der Waals surface area contributed by atoms with E-state index in [2.05, 4.69) is 19.8 Å². The molecule has 3 aromatic rings. The Morgan fingerprint density at radius 1 is 1.38 bits per heavy atom. The summed E-state index contributed by atoms with van der Waals surface area (Å²) in [6, 6.07) is 4.69. The minimum absolute atomic E-state index is 0.0685. The summed E-state index contributed by atoms with van der Waals surface area (Å²) in [6.07, 6.45) is 3.03. The van der Waals surface area contributed by atoms with Gasteiger partial charge in [0.05, 0.1) is 6.04 Å². The zero-order valence-electron chi connectivity index (χ0n) is 14.0. The van der Waals surface area contributed by atoms with Gasteiger partial charge in [-0.05, 0) is 25.0 Å². The summed E-state index contributed by atoms with van der Waals surface area (Å²) in [7, 11) is -2.35. The molecule has 1 aliphatic rings. The molecule has 4 rings (SSSR count). The zero-order chi connectivity index (χ0) is 18.3.